The zero-order chi connectivity index (χ0) is 14.4. The van der Waals surface area contributed by atoms with Gasteiger partial charge in [0.1, 0.15) is 11.8 Å². The molecule has 0 aromatic carbocycles. The van der Waals surface area contributed by atoms with E-state index in [1.807, 2.05) is 0 Å². The van der Waals surface area contributed by atoms with Gasteiger partial charge in [0.05, 0.1) is 5.52 Å². The van der Waals surface area contributed by atoms with Crippen LogP contribution in [0.15, 0.2) is 12.4 Å². The number of nitrogens with zero attached hydrogens (tertiary/aromatic N) is 5. The average molecular weight is 286 g/mol. The Morgan fingerprint density at radius 2 is 1.90 bits per heavy atom. The van der Waals surface area contributed by atoms with E-state index in [0.717, 1.165) is 35.6 Å². The van der Waals surface area contributed by atoms with Crippen LogP contribution in [0.2, 0.25) is 0 Å². The molecule has 0 saturated carbocycles. The van der Waals surface area contributed by atoms with Crippen molar-refractivity contribution in [3.8, 4) is 0 Å². The largest absolute Gasteiger partial charge is 0.354 e. The SMILES string of the molecule is Cc1cc2ncnc(N3CC(N4CCN(C)CC4)C3)c2[nH]1. The van der Waals surface area contributed by atoms with E-state index in [-0.39, 0.29) is 0 Å². The summed E-state index contributed by atoms with van der Waals surface area (Å²) in [6.45, 7) is 8.97. The molecular formula is C15H22N6. The van der Waals surface area contributed by atoms with E-state index in [4.69, 9.17) is 0 Å². The van der Waals surface area contributed by atoms with Crippen LogP contribution in [0.25, 0.3) is 11.0 Å². The van der Waals surface area contributed by atoms with Crippen LogP contribution in [-0.2, 0) is 0 Å². The zero-order valence-electron chi connectivity index (χ0n) is 12.7. The minimum absolute atomic E-state index is 0.680. The Labute approximate surface area is 124 Å². The fourth-order valence-corrected chi connectivity index (χ4v) is 3.34. The average Bonchev–Trinajstić information content (AvgIpc) is 2.80. The van der Waals surface area contributed by atoms with Crippen LogP contribution in [0.4, 0.5) is 5.82 Å². The second kappa shape index (κ2) is 4.96. The van der Waals surface area contributed by atoms with Crippen LogP contribution < -0.4 is 4.90 Å². The first-order valence-electron chi connectivity index (χ1n) is 7.68. The summed E-state index contributed by atoms with van der Waals surface area (Å²) in [5.41, 5.74) is 3.23. The van der Waals surface area contributed by atoms with Gasteiger partial charge < -0.3 is 14.8 Å². The highest BCUT2D eigenvalue weighted by molar-refractivity contribution is 5.87. The standard InChI is InChI=1S/C15H22N6/c1-11-7-13-14(18-11)15(17-10-16-13)21-8-12(9-21)20-5-3-19(2)4-6-20/h7,10,12,18H,3-6,8-9H2,1-2H3. The summed E-state index contributed by atoms with van der Waals surface area (Å²) < 4.78 is 0. The lowest BCUT2D eigenvalue weighted by Gasteiger charge is -2.48. The number of piperazine rings is 1. The van der Waals surface area contributed by atoms with Crippen molar-refractivity contribution in [3.63, 3.8) is 0 Å². The molecule has 0 spiro atoms. The predicted octanol–water partition coefficient (Wildman–Crippen LogP) is 0.702. The maximum Gasteiger partial charge on any atom is 0.156 e. The van der Waals surface area contributed by atoms with E-state index in [2.05, 4.69) is 49.7 Å². The molecule has 21 heavy (non-hydrogen) atoms. The van der Waals surface area contributed by atoms with Crippen LogP contribution in [0.5, 0.6) is 0 Å². The van der Waals surface area contributed by atoms with Crippen LogP contribution in [-0.4, -0.2) is 77.1 Å². The first-order valence-corrected chi connectivity index (χ1v) is 7.68. The van der Waals surface area contributed by atoms with E-state index in [1.165, 1.54) is 26.2 Å². The first-order chi connectivity index (χ1) is 10.2. The van der Waals surface area contributed by atoms with Crippen molar-refractivity contribution in [1.82, 2.24) is 24.8 Å². The van der Waals surface area contributed by atoms with Crippen LogP contribution in [0.3, 0.4) is 0 Å². The topological polar surface area (TPSA) is 51.3 Å². The van der Waals surface area contributed by atoms with E-state index in [1.54, 1.807) is 6.33 Å². The lowest BCUT2D eigenvalue weighted by molar-refractivity contribution is 0.0961. The quantitative estimate of drug-likeness (QED) is 0.881. The van der Waals surface area contributed by atoms with Gasteiger partial charge in [-0.3, -0.25) is 4.90 Å². The van der Waals surface area contributed by atoms with Gasteiger partial charge in [-0.25, -0.2) is 9.97 Å². The van der Waals surface area contributed by atoms with Gasteiger partial charge in [0.2, 0.25) is 0 Å². The van der Waals surface area contributed by atoms with E-state index < -0.39 is 0 Å². The van der Waals surface area contributed by atoms with Crippen molar-refractivity contribution >= 4 is 16.9 Å². The van der Waals surface area contributed by atoms with Gasteiger partial charge in [0.15, 0.2) is 5.82 Å². The summed E-state index contributed by atoms with van der Waals surface area (Å²) in [6, 6.07) is 2.76. The molecule has 6 nitrogen and oxygen atoms in total. The fourth-order valence-electron chi connectivity index (χ4n) is 3.34. The Kier molecular flexibility index (Phi) is 3.08. The number of aromatic nitrogens is 3. The molecule has 2 fully saturated rings. The smallest absolute Gasteiger partial charge is 0.156 e. The van der Waals surface area contributed by atoms with Crippen LogP contribution >= 0.6 is 0 Å². The molecule has 2 aliphatic heterocycles. The third-order valence-electron chi connectivity index (χ3n) is 4.75. The molecule has 112 valence electrons. The number of H-pyrrole nitrogens is 1. The van der Waals surface area contributed by atoms with Gasteiger partial charge >= 0.3 is 0 Å². The molecule has 0 radical (unpaired) electrons. The third kappa shape index (κ3) is 2.28. The summed E-state index contributed by atoms with van der Waals surface area (Å²) in [7, 11) is 2.20. The number of likely N-dealkylation sites (N-methyl/N-ethyl adjacent to an activating group) is 1. The highest BCUT2D eigenvalue weighted by atomic mass is 15.4. The molecule has 0 amide bonds. The number of aryl methyl sites for hydroxylation is 1. The monoisotopic (exact) mass is 286 g/mol. The Balaban J connectivity index is 1.47. The number of fused-ring (bicyclic) bond motifs is 1. The minimum atomic E-state index is 0.680. The molecule has 0 bridgehead atoms. The molecule has 0 unspecified atom stereocenters. The summed E-state index contributed by atoms with van der Waals surface area (Å²) >= 11 is 0. The molecule has 2 saturated heterocycles. The summed E-state index contributed by atoms with van der Waals surface area (Å²) in [5.74, 6) is 1.05. The first kappa shape index (κ1) is 13.0. The van der Waals surface area contributed by atoms with E-state index in [0.29, 0.717) is 6.04 Å². The normalized spacial score (nSPS) is 21.9. The van der Waals surface area contributed by atoms with Gasteiger partial charge in [-0.1, -0.05) is 0 Å². The van der Waals surface area contributed by atoms with Gasteiger partial charge in [-0.05, 0) is 20.0 Å². The van der Waals surface area contributed by atoms with Gasteiger partial charge in [-0.15, -0.1) is 0 Å². The van der Waals surface area contributed by atoms with Crippen LogP contribution in [0, 0.1) is 6.92 Å². The van der Waals surface area contributed by atoms with E-state index in [9.17, 15) is 0 Å². The number of rotatable bonds is 2. The van der Waals surface area contributed by atoms with Crippen molar-refractivity contribution in [2.75, 3.05) is 51.2 Å². The zero-order valence-corrected chi connectivity index (χ0v) is 12.7. The third-order valence-corrected chi connectivity index (χ3v) is 4.75. The minimum Gasteiger partial charge on any atom is -0.354 e. The Hall–Kier alpha value is -1.66. The van der Waals surface area contributed by atoms with Crippen molar-refractivity contribution in [3.05, 3.63) is 18.1 Å². The summed E-state index contributed by atoms with van der Waals surface area (Å²) in [4.78, 5) is 19.6. The van der Waals surface area contributed by atoms with Gasteiger partial charge in [-0.2, -0.15) is 0 Å². The Morgan fingerprint density at radius 3 is 2.67 bits per heavy atom. The second-order valence-electron chi connectivity index (χ2n) is 6.31. The van der Waals surface area contributed by atoms with Crippen molar-refractivity contribution in [2.45, 2.75) is 13.0 Å². The van der Waals surface area contributed by atoms with Crippen molar-refractivity contribution in [2.24, 2.45) is 0 Å². The van der Waals surface area contributed by atoms with E-state index >= 15 is 0 Å². The molecule has 6 heteroatoms. The Morgan fingerprint density at radius 1 is 1.14 bits per heavy atom. The second-order valence-corrected chi connectivity index (χ2v) is 6.31. The number of anilines is 1. The molecule has 2 aromatic rings. The molecule has 4 heterocycles. The van der Waals surface area contributed by atoms with Crippen molar-refractivity contribution in [1.29, 1.82) is 0 Å². The lowest BCUT2D eigenvalue weighted by atomic mass is 10.1. The molecule has 4 rings (SSSR count). The van der Waals surface area contributed by atoms with Crippen molar-refractivity contribution < 1.29 is 0 Å². The number of aromatic amines is 1. The number of hydrogen-bond donors (Lipinski definition) is 1. The van der Waals surface area contributed by atoms with Gasteiger partial charge in [0, 0.05) is 51.0 Å². The van der Waals surface area contributed by atoms with Gasteiger partial charge in [0.25, 0.3) is 0 Å². The highest BCUT2D eigenvalue weighted by Crippen LogP contribution is 2.28. The molecular weight excluding hydrogens is 264 g/mol. The maximum atomic E-state index is 4.49. The molecule has 2 aromatic heterocycles. The molecule has 0 atom stereocenters. The highest BCUT2D eigenvalue weighted by Gasteiger charge is 2.34. The molecule has 2 aliphatic rings. The number of hydrogen-bond acceptors (Lipinski definition) is 5. The molecule has 1 N–H and O–H groups in total. The Bertz CT molecular complexity index is 637. The summed E-state index contributed by atoms with van der Waals surface area (Å²) in [5, 5.41) is 0. The fraction of sp³-hybridized carbons (Fsp3) is 0.600. The lowest BCUT2D eigenvalue weighted by Crippen LogP contribution is -2.63. The van der Waals surface area contributed by atoms with Crippen LogP contribution in [0.1, 0.15) is 5.69 Å². The molecule has 0 aliphatic carbocycles. The maximum absolute atomic E-state index is 4.49. The summed E-state index contributed by atoms with van der Waals surface area (Å²) in [6.07, 6.45) is 1.67. The number of nitrogens with one attached hydrogen (secondary N) is 1. The predicted molar refractivity (Wildman–Crippen MR) is 83.7 cm³/mol.